The van der Waals surface area contributed by atoms with E-state index in [0.29, 0.717) is 6.54 Å². The van der Waals surface area contributed by atoms with Gasteiger partial charge in [0.1, 0.15) is 0 Å². The van der Waals surface area contributed by atoms with Crippen LogP contribution in [-0.4, -0.2) is 42.3 Å². The number of hydrogen-bond donors (Lipinski definition) is 2. The maximum atomic E-state index is 11.5. The maximum absolute atomic E-state index is 11.5. The van der Waals surface area contributed by atoms with Crippen molar-refractivity contribution in [2.45, 2.75) is 31.5 Å². The average Bonchev–Trinajstić information content (AvgIpc) is 2.63. The van der Waals surface area contributed by atoms with E-state index in [0.717, 1.165) is 19.4 Å². The van der Waals surface area contributed by atoms with Crippen molar-refractivity contribution in [2.24, 2.45) is 5.73 Å². The van der Waals surface area contributed by atoms with Gasteiger partial charge < -0.3 is 15.4 Å². The standard InChI is InChI=1S/C9H15N3O3/c10-7-4-8(13)11-9(14)12(7)5-6-2-1-3-15-6/h6-7H,1-5,10H2,(H,11,13,14). The van der Waals surface area contributed by atoms with Crippen LogP contribution in [-0.2, 0) is 9.53 Å². The van der Waals surface area contributed by atoms with E-state index in [4.69, 9.17) is 10.5 Å². The minimum absolute atomic E-state index is 0.0648. The van der Waals surface area contributed by atoms with E-state index in [9.17, 15) is 9.59 Å². The van der Waals surface area contributed by atoms with Crippen molar-refractivity contribution in [1.82, 2.24) is 10.2 Å². The lowest BCUT2D eigenvalue weighted by molar-refractivity contribution is -0.123. The second-order valence-electron chi connectivity index (χ2n) is 3.91. The summed E-state index contributed by atoms with van der Waals surface area (Å²) in [7, 11) is 0. The number of urea groups is 1. The molecule has 0 saturated carbocycles. The number of hydrogen-bond acceptors (Lipinski definition) is 4. The lowest BCUT2D eigenvalue weighted by Gasteiger charge is -2.33. The summed E-state index contributed by atoms with van der Waals surface area (Å²) in [4.78, 5) is 23.9. The Morgan fingerprint density at radius 3 is 2.93 bits per heavy atom. The first-order valence-electron chi connectivity index (χ1n) is 5.14. The smallest absolute Gasteiger partial charge is 0.325 e. The van der Waals surface area contributed by atoms with E-state index in [-0.39, 0.29) is 18.4 Å². The van der Waals surface area contributed by atoms with Crippen molar-refractivity contribution < 1.29 is 14.3 Å². The molecule has 0 aromatic carbocycles. The van der Waals surface area contributed by atoms with Gasteiger partial charge in [-0.3, -0.25) is 10.1 Å². The van der Waals surface area contributed by atoms with E-state index in [2.05, 4.69) is 5.32 Å². The highest BCUT2D eigenvalue weighted by Gasteiger charge is 2.32. The molecule has 2 atom stereocenters. The van der Waals surface area contributed by atoms with Crippen molar-refractivity contribution in [3.05, 3.63) is 0 Å². The fourth-order valence-electron chi connectivity index (χ4n) is 1.92. The van der Waals surface area contributed by atoms with Gasteiger partial charge >= 0.3 is 6.03 Å². The number of nitrogens with two attached hydrogens (primary N) is 1. The number of rotatable bonds is 2. The predicted octanol–water partition coefficient (Wildman–Crippen LogP) is -0.608. The van der Waals surface area contributed by atoms with Crippen LogP contribution in [0.25, 0.3) is 0 Å². The van der Waals surface area contributed by atoms with E-state index in [1.54, 1.807) is 0 Å². The Morgan fingerprint density at radius 1 is 1.53 bits per heavy atom. The molecule has 3 N–H and O–H groups in total. The normalized spacial score (nSPS) is 31.9. The molecule has 2 rings (SSSR count). The number of carbonyl (C=O) groups excluding carboxylic acids is 2. The van der Waals surface area contributed by atoms with Crippen LogP contribution in [0.4, 0.5) is 4.79 Å². The first-order valence-corrected chi connectivity index (χ1v) is 5.14. The van der Waals surface area contributed by atoms with E-state index in [1.807, 2.05) is 0 Å². The molecule has 2 unspecified atom stereocenters. The van der Waals surface area contributed by atoms with Crippen LogP contribution in [0.15, 0.2) is 0 Å². The fraction of sp³-hybridized carbons (Fsp3) is 0.778. The number of amides is 3. The molecule has 0 aromatic rings. The van der Waals surface area contributed by atoms with Gasteiger partial charge in [0, 0.05) is 6.61 Å². The second kappa shape index (κ2) is 4.16. The summed E-state index contributed by atoms with van der Waals surface area (Å²) >= 11 is 0. The van der Waals surface area contributed by atoms with Crippen molar-refractivity contribution >= 4 is 11.9 Å². The van der Waals surface area contributed by atoms with Gasteiger partial charge in [-0.1, -0.05) is 0 Å². The van der Waals surface area contributed by atoms with Crippen molar-refractivity contribution in [3.8, 4) is 0 Å². The topological polar surface area (TPSA) is 84.7 Å². The molecule has 2 fully saturated rings. The lowest BCUT2D eigenvalue weighted by atomic mass is 10.2. The Bertz CT molecular complexity index is 276. The van der Waals surface area contributed by atoms with E-state index >= 15 is 0 Å². The number of nitrogens with zero attached hydrogens (tertiary/aromatic N) is 1. The zero-order valence-electron chi connectivity index (χ0n) is 8.44. The number of nitrogens with one attached hydrogen (secondary N) is 1. The molecule has 6 heteroatoms. The molecule has 2 saturated heterocycles. The molecular formula is C9H15N3O3. The third-order valence-corrected chi connectivity index (χ3v) is 2.73. The van der Waals surface area contributed by atoms with Gasteiger partial charge in [-0.05, 0) is 12.8 Å². The Balaban J connectivity index is 1.94. The summed E-state index contributed by atoms with van der Waals surface area (Å²) in [5, 5.41) is 2.25. The SMILES string of the molecule is NC1CC(=O)NC(=O)N1CC1CCCO1. The predicted molar refractivity (Wildman–Crippen MR) is 51.8 cm³/mol. The molecule has 84 valence electrons. The third-order valence-electron chi connectivity index (χ3n) is 2.73. The highest BCUT2D eigenvalue weighted by Crippen LogP contribution is 2.16. The van der Waals surface area contributed by atoms with Crippen LogP contribution in [0.1, 0.15) is 19.3 Å². The molecule has 2 aliphatic rings. The Labute approximate surface area is 87.7 Å². The minimum atomic E-state index is -0.518. The Kier molecular flexibility index (Phi) is 2.88. The van der Waals surface area contributed by atoms with Crippen LogP contribution < -0.4 is 11.1 Å². The van der Waals surface area contributed by atoms with E-state index < -0.39 is 12.2 Å². The first-order chi connectivity index (χ1) is 7.16. The quantitative estimate of drug-likeness (QED) is 0.641. The molecule has 3 amide bonds. The zero-order valence-corrected chi connectivity index (χ0v) is 8.44. The summed E-state index contributed by atoms with van der Waals surface area (Å²) in [6.45, 7) is 1.22. The van der Waals surface area contributed by atoms with Gasteiger partial charge in [0.15, 0.2) is 0 Å². The van der Waals surface area contributed by atoms with Crippen LogP contribution in [0.3, 0.4) is 0 Å². The minimum Gasteiger partial charge on any atom is -0.376 e. The molecule has 15 heavy (non-hydrogen) atoms. The van der Waals surface area contributed by atoms with Gasteiger partial charge in [0.05, 0.1) is 25.2 Å². The lowest BCUT2D eigenvalue weighted by Crippen LogP contribution is -2.59. The van der Waals surface area contributed by atoms with Crippen LogP contribution in [0.5, 0.6) is 0 Å². The van der Waals surface area contributed by atoms with Gasteiger partial charge in [-0.2, -0.15) is 0 Å². The molecule has 0 spiro atoms. The first kappa shape index (κ1) is 10.4. The molecule has 2 aliphatic heterocycles. The summed E-state index contributed by atoms with van der Waals surface area (Å²) in [5.41, 5.74) is 5.73. The number of carbonyl (C=O) groups is 2. The molecule has 0 aromatic heterocycles. The summed E-state index contributed by atoms with van der Waals surface area (Å²) in [6, 6.07) is -0.408. The number of imide groups is 1. The van der Waals surface area contributed by atoms with Gasteiger partial charge in [0.25, 0.3) is 0 Å². The van der Waals surface area contributed by atoms with Crippen molar-refractivity contribution in [2.75, 3.05) is 13.2 Å². The molecular weight excluding hydrogens is 198 g/mol. The zero-order chi connectivity index (χ0) is 10.8. The largest absolute Gasteiger partial charge is 0.376 e. The van der Waals surface area contributed by atoms with Crippen LogP contribution in [0.2, 0.25) is 0 Å². The molecule has 2 heterocycles. The van der Waals surface area contributed by atoms with Gasteiger partial charge in [-0.25, -0.2) is 4.79 Å². The Hall–Kier alpha value is -1.14. The maximum Gasteiger partial charge on any atom is 0.325 e. The summed E-state index contributed by atoms with van der Waals surface area (Å²) in [6.07, 6.45) is 1.68. The van der Waals surface area contributed by atoms with Crippen molar-refractivity contribution in [1.29, 1.82) is 0 Å². The molecule has 0 aliphatic carbocycles. The Morgan fingerprint density at radius 2 is 2.33 bits per heavy atom. The third kappa shape index (κ3) is 2.27. The average molecular weight is 213 g/mol. The molecule has 6 nitrogen and oxygen atoms in total. The monoisotopic (exact) mass is 213 g/mol. The summed E-state index contributed by atoms with van der Waals surface area (Å²) < 4.78 is 5.42. The number of ether oxygens (including phenoxy) is 1. The molecule has 0 bridgehead atoms. The second-order valence-corrected chi connectivity index (χ2v) is 3.91. The fourth-order valence-corrected chi connectivity index (χ4v) is 1.92. The summed E-state index contributed by atoms with van der Waals surface area (Å²) in [5.74, 6) is -0.309. The van der Waals surface area contributed by atoms with Gasteiger partial charge in [-0.15, -0.1) is 0 Å². The molecule has 0 radical (unpaired) electrons. The highest BCUT2D eigenvalue weighted by atomic mass is 16.5. The van der Waals surface area contributed by atoms with E-state index in [1.165, 1.54) is 4.90 Å². The van der Waals surface area contributed by atoms with Crippen molar-refractivity contribution in [3.63, 3.8) is 0 Å². The van der Waals surface area contributed by atoms with Crippen LogP contribution in [0, 0.1) is 0 Å². The van der Waals surface area contributed by atoms with Crippen LogP contribution >= 0.6 is 0 Å². The van der Waals surface area contributed by atoms with Gasteiger partial charge in [0.2, 0.25) is 5.91 Å². The highest BCUT2D eigenvalue weighted by molar-refractivity contribution is 5.97.